The van der Waals surface area contributed by atoms with Gasteiger partial charge in [-0.25, -0.2) is 0 Å². The van der Waals surface area contributed by atoms with Crippen molar-refractivity contribution in [1.82, 2.24) is 5.73 Å². The second kappa shape index (κ2) is 3.11. The van der Waals surface area contributed by atoms with E-state index in [0.29, 0.717) is 5.92 Å². The van der Waals surface area contributed by atoms with Crippen molar-refractivity contribution in [3.8, 4) is 0 Å². The third kappa shape index (κ3) is 2.46. The van der Waals surface area contributed by atoms with Crippen LogP contribution in [0.3, 0.4) is 0 Å². The minimum atomic E-state index is -0.528. The molecular weight excluding hydrogens is 138 g/mol. The lowest BCUT2D eigenvalue weighted by Crippen LogP contribution is -2.35. The van der Waals surface area contributed by atoms with Gasteiger partial charge in [-0.2, -0.15) is 0 Å². The fourth-order valence-corrected chi connectivity index (χ4v) is 1.80. The second-order valence-corrected chi connectivity index (χ2v) is 4.20. The summed E-state index contributed by atoms with van der Waals surface area (Å²) >= 11 is 0. The molecule has 1 saturated carbocycles. The number of rotatable bonds is 1. The third-order valence-electron chi connectivity index (χ3n) is 2.73. The summed E-state index contributed by atoms with van der Waals surface area (Å²) < 4.78 is 0. The van der Waals surface area contributed by atoms with Crippen molar-refractivity contribution in [2.24, 2.45) is 5.92 Å². The highest BCUT2D eigenvalue weighted by atomic mass is 16.3. The van der Waals surface area contributed by atoms with Gasteiger partial charge in [0.2, 0.25) is 0 Å². The third-order valence-corrected chi connectivity index (χ3v) is 2.73. The zero-order chi connectivity index (χ0) is 8.48. The Kier molecular flexibility index (Phi) is 2.55. The van der Waals surface area contributed by atoms with E-state index in [9.17, 15) is 5.11 Å². The summed E-state index contributed by atoms with van der Waals surface area (Å²) in [5.74, 6) is 0.420. The van der Waals surface area contributed by atoms with Crippen LogP contribution < -0.4 is 5.73 Å². The van der Waals surface area contributed by atoms with Crippen molar-refractivity contribution < 1.29 is 5.11 Å². The first kappa shape index (κ1) is 9.01. The first-order valence-corrected chi connectivity index (χ1v) is 4.43. The Morgan fingerprint density at radius 2 is 1.64 bits per heavy atom. The molecule has 0 aliphatic heterocycles. The molecule has 0 aromatic rings. The van der Waals surface area contributed by atoms with E-state index in [2.05, 4.69) is 0 Å². The molecule has 2 heteroatoms. The molecule has 0 aromatic carbocycles. The van der Waals surface area contributed by atoms with Crippen LogP contribution in [0.25, 0.3) is 0 Å². The van der Waals surface area contributed by atoms with Crippen molar-refractivity contribution in [2.45, 2.75) is 51.2 Å². The van der Waals surface area contributed by atoms with Gasteiger partial charge in [-0.3, -0.25) is 5.73 Å². The number of hydrogen-bond donors (Lipinski definition) is 1. The quantitative estimate of drug-likeness (QED) is 0.615. The van der Waals surface area contributed by atoms with E-state index in [-0.39, 0.29) is 6.04 Å². The van der Waals surface area contributed by atoms with E-state index in [1.54, 1.807) is 0 Å². The Bertz CT molecular complexity index is 120. The molecule has 1 rings (SSSR count). The largest absolute Gasteiger partial charge is 0.390 e. The Morgan fingerprint density at radius 3 is 2.00 bits per heavy atom. The highest BCUT2D eigenvalue weighted by molar-refractivity contribution is 4.83. The number of nitrogens with one attached hydrogen (secondary N) is 1. The summed E-state index contributed by atoms with van der Waals surface area (Å²) in [5, 5.41) is 9.67. The molecule has 1 aliphatic carbocycles. The lowest BCUT2D eigenvalue weighted by molar-refractivity contribution is -0.00146. The molecule has 2 N–H and O–H groups in total. The van der Waals surface area contributed by atoms with E-state index in [0.717, 1.165) is 25.7 Å². The standard InChI is InChI=1S/C9H18NO/c1-9(2,11)7-3-5-8(10)6-4-7/h7-8,10-11H,3-6H2,1-2H3/t7-,8-. The van der Waals surface area contributed by atoms with Gasteiger partial charge in [0.05, 0.1) is 5.60 Å². The molecule has 0 saturated heterocycles. The molecule has 0 heterocycles. The molecule has 0 aromatic heterocycles. The van der Waals surface area contributed by atoms with Crippen LogP contribution in [0.2, 0.25) is 0 Å². The van der Waals surface area contributed by atoms with Crippen LogP contribution in [0, 0.1) is 5.92 Å². The Labute approximate surface area is 68.8 Å². The van der Waals surface area contributed by atoms with Crippen LogP contribution in [0.4, 0.5) is 0 Å². The normalized spacial score (nSPS) is 33.8. The summed E-state index contributed by atoms with van der Waals surface area (Å²) in [7, 11) is 0. The van der Waals surface area contributed by atoms with Gasteiger partial charge >= 0.3 is 0 Å². The van der Waals surface area contributed by atoms with Crippen LogP contribution in [0.15, 0.2) is 0 Å². The lowest BCUT2D eigenvalue weighted by atomic mass is 9.77. The first-order valence-electron chi connectivity index (χ1n) is 4.43. The SMILES string of the molecule is CC(C)(O)[C@H]1CC[C@H]([NH])CC1. The minimum Gasteiger partial charge on any atom is -0.390 e. The Hall–Kier alpha value is -0.0800. The van der Waals surface area contributed by atoms with Crippen LogP contribution in [0.5, 0.6) is 0 Å². The molecule has 0 atom stereocenters. The van der Waals surface area contributed by atoms with Gasteiger partial charge < -0.3 is 5.11 Å². The molecular formula is C9H18NO. The molecule has 1 radical (unpaired) electrons. The number of aliphatic hydroxyl groups is 1. The second-order valence-electron chi connectivity index (χ2n) is 4.20. The predicted octanol–water partition coefficient (Wildman–Crippen LogP) is 1.60. The average Bonchev–Trinajstić information content (AvgIpc) is 1.86. The van der Waals surface area contributed by atoms with Gasteiger partial charge in [-0.05, 0) is 45.4 Å². The topological polar surface area (TPSA) is 44.0 Å². The maximum Gasteiger partial charge on any atom is 0.0619 e. The number of hydrogen-bond acceptors (Lipinski definition) is 1. The lowest BCUT2D eigenvalue weighted by Gasteiger charge is -2.34. The Morgan fingerprint density at radius 1 is 1.18 bits per heavy atom. The van der Waals surface area contributed by atoms with Crippen molar-refractivity contribution in [1.29, 1.82) is 0 Å². The average molecular weight is 156 g/mol. The summed E-state index contributed by atoms with van der Waals surface area (Å²) in [6.07, 6.45) is 3.98. The van der Waals surface area contributed by atoms with Gasteiger partial charge in [-0.1, -0.05) is 0 Å². The smallest absolute Gasteiger partial charge is 0.0619 e. The molecule has 0 spiro atoms. The van der Waals surface area contributed by atoms with Gasteiger partial charge in [0.1, 0.15) is 0 Å². The fourth-order valence-electron chi connectivity index (χ4n) is 1.80. The van der Waals surface area contributed by atoms with Crippen molar-refractivity contribution in [3.63, 3.8) is 0 Å². The van der Waals surface area contributed by atoms with Gasteiger partial charge in [-0.15, -0.1) is 0 Å². The summed E-state index contributed by atoms with van der Waals surface area (Å²) in [4.78, 5) is 0. The molecule has 0 bridgehead atoms. The van der Waals surface area contributed by atoms with E-state index in [4.69, 9.17) is 5.73 Å². The molecule has 1 fully saturated rings. The van der Waals surface area contributed by atoms with Crippen LogP contribution in [-0.2, 0) is 0 Å². The van der Waals surface area contributed by atoms with Gasteiger partial charge in [0.15, 0.2) is 0 Å². The maximum absolute atomic E-state index is 9.67. The molecule has 65 valence electrons. The molecule has 1 aliphatic rings. The van der Waals surface area contributed by atoms with E-state index < -0.39 is 5.60 Å². The predicted molar refractivity (Wildman–Crippen MR) is 45.1 cm³/mol. The molecule has 2 nitrogen and oxygen atoms in total. The van der Waals surface area contributed by atoms with Crippen LogP contribution in [-0.4, -0.2) is 16.7 Å². The maximum atomic E-state index is 9.67. The highest BCUT2D eigenvalue weighted by Crippen LogP contribution is 2.31. The van der Waals surface area contributed by atoms with Gasteiger partial charge in [0.25, 0.3) is 0 Å². The minimum absolute atomic E-state index is 0.133. The van der Waals surface area contributed by atoms with Crippen LogP contribution in [0.1, 0.15) is 39.5 Å². The van der Waals surface area contributed by atoms with E-state index in [1.807, 2.05) is 13.8 Å². The zero-order valence-corrected chi connectivity index (χ0v) is 7.43. The van der Waals surface area contributed by atoms with E-state index >= 15 is 0 Å². The van der Waals surface area contributed by atoms with Gasteiger partial charge in [0, 0.05) is 6.04 Å². The van der Waals surface area contributed by atoms with Crippen molar-refractivity contribution in [2.75, 3.05) is 0 Å². The molecule has 0 unspecified atom stereocenters. The van der Waals surface area contributed by atoms with Crippen LogP contribution >= 0.6 is 0 Å². The summed E-state index contributed by atoms with van der Waals surface area (Å²) in [5.41, 5.74) is 6.96. The van der Waals surface area contributed by atoms with E-state index in [1.165, 1.54) is 0 Å². The van der Waals surface area contributed by atoms with Crippen molar-refractivity contribution in [3.05, 3.63) is 0 Å². The first-order chi connectivity index (χ1) is 5.00. The molecule has 11 heavy (non-hydrogen) atoms. The fraction of sp³-hybridized carbons (Fsp3) is 1.00. The molecule has 0 amide bonds. The monoisotopic (exact) mass is 156 g/mol. The zero-order valence-electron chi connectivity index (χ0n) is 7.43. The summed E-state index contributed by atoms with van der Waals surface area (Å²) in [6.45, 7) is 3.75. The summed E-state index contributed by atoms with van der Waals surface area (Å²) in [6, 6.07) is 0.133. The van der Waals surface area contributed by atoms with Crippen molar-refractivity contribution >= 4 is 0 Å². The highest BCUT2D eigenvalue weighted by Gasteiger charge is 2.30. The Balaban J connectivity index is 2.39.